The minimum atomic E-state index is -5.16. The molecule has 0 saturated carbocycles. The van der Waals surface area contributed by atoms with E-state index < -0.39 is 58.1 Å². The summed E-state index contributed by atoms with van der Waals surface area (Å²) in [5.41, 5.74) is -0.932. The third kappa shape index (κ3) is 3.48. The van der Waals surface area contributed by atoms with E-state index in [9.17, 15) is 31.4 Å². The number of nitrogens with zero attached hydrogens (tertiary/aromatic N) is 3. The van der Waals surface area contributed by atoms with Crippen LogP contribution in [0, 0.1) is 0 Å². The van der Waals surface area contributed by atoms with E-state index in [4.69, 9.17) is 10.2 Å². The summed E-state index contributed by atoms with van der Waals surface area (Å²) < 4.78 is 88.5. The van der Waals surface area contributed by atoms with Gasteiger partial charge in [0.1, 0.15) is 5.56 Å². The third-order valence-corrected chi connectivity index (χ3v) is 3.70. The number of aromatic nitrogens is 3. The molecule has 0 amide bonds. The maximum atomic E-state index is 13.4. The highest BCUT2D eigenvalue weighted by atomic mass is 19.4. The molecule has 0 spiro atoms. The molecule has 28 heavy (non-hydrogen) atoms. The molecule has 2 aromatic heterocycles. The molecule has 2 rings (SSSR count). The van der Waals surface area contributed by atoms with Crippen molar-refractivity contribution in [1.29, 1.82) is 0 Å². The summed E-state index contributed by atoms with van der Waals surface area (Å²) >= 11 is 0. The zero-order valence-electron chi connectivity index (χ0n) is 14.7. The lowest BCUT2D eigenvalue weighted by atomic mass is 9.99. The van der Waals surface area contributed by atoms with Gasteiger partial charge in [-0.2, -0.15) is 26.3 Å². The third-order valence-electron chi connectivity index (χ3n) is 3.70. The predicted octanol–water partition coefficient (Wildman–Crippen LogP) is 3.54. The first kappa shape index (κ1) is 21.5. The van der Waals surface area contributed by atoms with Crippen molar-refractivity contribution in [2.24, 2.45) is 0 Å². The lowest BCUT2D eigenvalue weighted by molar-refractivity contribution is -0.266. The Balaban J connectivity index is 2.76. The summed E-state index contributed by atoms with van der Waals surface area (Å²) in [5, 5.41) is 16.0. The van der Waals surface area contributed by atoms with Crippen LogP contribution in [0.1, 0.15) is 30.9 Å². The van der Waals surface area contributed by atoms with Crippen molar-refractivity contribution in [3.63, 3.8) is 0 Å². The van der Waals surface area contributed by atoms with Gasteiger partial charge in [-0.25, -0.2) is 4.98 Å². The molecule has 0 aliphatic heterocycles. The maximum absolute atomic E-state index is 13.4. The Kier molecular flexibility index (Phi) is 5.10. The molecule has 2 heterocycles. The summed E-state index contributed by atoms with van der Waals surface area (Å²) in [6.45, 7) is 5.03. The minimum absolute atomic E-state index is 0.117. The van der Waals surface area contributed by atoms with E-state index in [-0.39, 0.29) is 5.57 Å². The van der Waals surface area contributed by atoms with Crippen LogP contribution < -0.4 is 10.5 Å². The molecule has 7 nitrogen and oxygen atoms in total. The van der Waals surface area contributed by atoms with Crippen molar-refractivity contribution >= 4 is 11.3 Å². The Bertz CT molecular complexity index is 918. The van der Waals surface area contributed by atoms with E-state index in [2.05, 4.69) is 26.5 Å². The molecule has 1 atom stereocenters. The number of allylic oxidation sites excluding steroid dienone is 1. The summed E-state index contributed by atoms with van der Waals surface area (Å²) in [6.07, 6.45) is -10.1. The zero-order valence-corrected chi connectivity index (χ0v) is 14.7. The fourth-order valence-electron chi connectivity index (χ4n) is 2.23. The molecule has 0 unspecified atom stereocenters. The van der Waals surface area contributed by atoms with E-state index in [1.54, 1.807) is 0 Å². The average Bonchev–Trinajstić information content (AvgIpc) is 3.02. The second kappa shape index (κ2) is 6.65. The smallest absolute Gasteiger partial charge is 0.426 e. The summed E-state index contributed by atoms with van der Waals surface area (Å²) in [4.78, 5) is 3.56. The lowest BCUT2D eigenvalue weighted by Gasteiger charge is -2.21. The standard InChI is InChI=1S/C15H14F6N4O3/c1-5(2)6-7(14(16,17)18)10(27-4)23-9(8(6)22)11-24-25-12(28-11)13(3,26)15(19,20)21/h26H,1,22H2,2-4H3/t13-/m0/s1. The number of halogens is 6. The van der Waals surface area contributed by atoms with E-state index in [1.165, 1.54) is 6.92 Å². The number of hydrogen-bond donors (Lipinski definition) is 2. The van der Waals surface area contributed by atoms with Gasteiger partial charge < -0.3 is 20.0 Å². The normalized spacial score (nSPS) is 14.6. The van der Waals surface area contributed by atoms with Gasteiger partial charge in [0, 0.05) is 5.56 Å². The highest BCUT2D eigenvalue weighted by Crippen LogP contribution is 2.45. The molecular formula is C15H14F6N4O3. The molecule has 0 aliphatic rings. The molecule has 0 radical (unpaired) electrons. The SMILES string of the molecule is C=C(C)c1c(N)c(-c2nnc([C@](C)(O)C(F)(F)F)o2)nc(OC)c1C(F)(F)F. The van der Waals surface area contributed by atoms with Crippen molar-refractivity contribution in [3.05, 3.63) is 23.6 Å². The topological polar surface area (TPSA) is 107 Å². The van der Waals surface area contributed by atoms with Gasteiger partial charge in [-0.3, -0.25) is 0 Å². The molecule has 13 heteroatoms. The van der Waals surface area contributed by atoms with Crippen LogP contribution in [0.4, 0.5) is 32.0 Å². The monoisotopic (exact) mass is 412 g/mol. The van der Waals surface area contributed by atoms with Crippen LogP contribution >= 0.6 is 0 Å². The van der Waals surface area contributed by atoms with Gasteiger partial charge in [0.15, 0.2) is 5.69 Å². The number of alkyl halides is 6. The number of pyridine rings is 1. The fraction of sp³-hybridized carbons (Fsp3) is 0.400. The number of anilines is 1. The second-order valence-corrected chi connectivity index (χ2v) is 5.89. The van der Waals surface area contributed by atoms with Crippen molar-refractivity contribution in [1.82, 2.24) is 15.2 Å². The molecular weight excluding hydrogens is 398 g/mol. The molecule has 0 aromatic carbocycles. The largest absolute Gasteiger partial charge is 0.481 e. The fourth-order valence-corrected chi connectivity index (χ4v) is 2.23. The van der Waals surface area contributed by atoms with Crippen molar-refractivity contribution in [2.75, 3.05) is 12.8 Å². The number of nitrogen functional groups attached to an aromatic ring is 1. The number of nitrogens with two attached hydrogens (primary N) is 1. The Labute approximate surface area is 153 Å². The Morgan fingerprint density at radius 2 is 1.75 bits per heavy atom. The van der Waals surface area contributed by atoms with Crippen LogP contribution in [0.2, 0.25) is 0 Å². The quantitative estimate of drug-likeness (QED) is 0.740. The highest BCUT2D eigenvalue weighted by Gasteiger charge is 2.55. The minimum Gasteiger partial charge on any atom is -0.481 e. The first-order valence-electron chi connectivity index (χ1n) is 7.36. The van der Waals surface area contributed by atoms with Crippen LogP contribution in [0.15, 0.2) is 11.0 Å². The van der Waals surface area contributed by atoms with Gasteiger partial charge in [0.05, 0.1) is 12.8 Å². The molecule has 0 fully saturated rings. The summed E-state index contributed by atoms with van der Waals surface area (Å²) in [6, 6.07) is 0. The highest BCUT2D eigenvalue weighted by molar-refractivity contribution is 5.84. The molecule has 3 N–H and O–H groups in total. The van der Waals surface area contributed by atoms with E-state index in [1.807, 2.05) is 0 Å². The summed E-state index contributed by atoms with van der Waals surface area (Å²) in [5.74, 6) is -2.91. The molecule has 2 aromatic rings. The van der Waals surface area contributed by atoms with Gasteiger partial charge in [-0.15, -0.1) is 10.2 Å². The van der Waals surface area contributed by atoms with Crippen molar-refractivity contribution < 1.29 is 40.6 Å². The Morgan fingerprint density at radius 1 is 1.18 bits per heavy atom. The second-order valence-electron chi connectivity index (χ2n) is 5.89. The van der Waals surface area contributed by atoms with E-state index >= 15 is 0 Å². The van der Waals surface area contributed by atoms with E-state index in [0.717, 1.165) is 7.11 Å². The molecule has 0 saturated heterocycles. The van der Waals surface area contributed by atoms with Crippen molar-refractivity contribution in [2.45, 2.75) is 31.8 Å². The Morgan fingerprint density at radius 3 is 2.18 bits per heavy atom. The molecule has 0 aliphatic carbocycles. The number of rotatable bonds is 4. The average molecular weight is 412 g/mol. The van der Waals surface area contributed by atoms with Crippen LogP contribution in [0.5, 0.6) is 5.88 Å². The predicted molar refractivity (Wildman–Crippen MR) is 83.8 cm³/mol. The van der Waals surface area contributed by atoms with Crippen LogP contribution in [-0.2, 0) is 11.8 Å². The maximum Gasteiger partial charge on any atom is 0.426 e. The van der Waals surface area contributed by atoms with Gasteiger partial charge in [-0.1, -0.05) is 6.58 Å². The van der Waals surface area contributed by atoms with Crippen LogP contribution in [-0.4, -0.2) is 33.6 Å². The number of aliphatic hydroxyl groups is 1. The zero-order chi connectivity index (χ0) is 21.7. The van der Waals surface area contributed by atoms with Gasteiger partial charge >= 0.3 is 12.4 Å². The molecule has 0 bridgehead atoms. The number of methoxy groups -OCH3 is 1. The molecule has 154 valence electrons. The lowest BCUT2D eigenvalue weighted by Crippen LogP contribution is -2.39. The van der Waals surface area contributed by atoms with Gasteiger partial charge in [0.25, 0.3) is 11.8 Å². The van der Waals surface area contributed by atoms with Gasteiger partial charge in [0.2, 0.25) is 11.5 Å². The summed E-state index contributed by atoms with van der Waals surface area (Å²) in [7, 11) is 0.910. The first-order chi connectivity index (χ1) is 12.6. The van der Waals surface area contributed by atoms with Crippen LogP contribution in [0.25, 0.3) is 17.2 Å². The van der Waals surface area contributed by atoms with Gasteiger partial charge in [-0.05, 0) is 19.4 Å². The number of hydrogen-bond acceptors (Lipinski definition) is 7. The van der Waals surface area contributed by atoms with Crippen molar-refractivity contribution in [3.8, 4) is 17.5 Å². The number of ether oxygens (including phenoxy) is 1. The van der Waals surface area contributed by atoms with Crippen LogP contribution in [0.3, 0.4) is 0 Å². The first-order valence-corrected chi connectivity index (χ1v) is 7.36. The van der Waals surface area contributed by atoms with E-state index in [0.29, 0.717) is 6.92 Å². The Hall–Kier alpha value is -2.83.